The SMILES string of the molecule is CCOc1ccc(N(CC(=O)Nc2ccc(C)c(N3CCCC3=O)c2)S(=O)(=O)c2ccccc2)cc1. The summed E-state index contributed by atoms with van der Waals surface area (Å²) in [4.78, 5) is 27.1. The summed E-state index contributed by atoms with van der Waals surface area (Å²) in [5, 5.41) is 2.80. The minimum Gasteiger partial charge on any atom is -0.494 e. The zero-order chi connectivity index (χ0) is 25.7. The van der Waals surface area contributed by atoms with Crippen molar-refractivity contribution >= 4 is 38.9 Å². The molecule has 8 nitrogen and oxygen atoms in total. The highest BCUT2D eigenvalue weighted by Gasteiger charge is 2.28. The first-order valence-electron chi connectivity index (χ1n) is 11.8. The zero-order valence-electron chi connectivity index (χ0n) is 20.3. The summed E-state index contributed by atoms with van der Waals surface area (Å²) >= 11 is 0. The summed E-state index contributed by atoms with van der Waals surface area (Å²) in [6.45, 7) is 4.46. The zero-order valence-corrected chi connectivity index (χ0v) is 21.1. The lowest BCUT2D eigenvalue weighted by Crippen LogP contribution is -2.38. The summed E-state index contributed by atoms with van der Waals surface area (Å²) in [5.41, 5.74) is 2.50. The fourth-order valence-corrected chi connectivity index (χ4v) is 5.56. The Morgan fingerprint density at radius 1 is 1.06 bits per heavy atom. The van der Waals surface area contributed by atoms with Crippen molar-refractivity contribution in [1.29, 1.82) is 0 Å². The third-order valence-electron chi connectivity index (χ3n) is 5.91. The third-order valence-corrected chi connectivity index (χ3v) is 7.70. The standard InChI is InChI=1S/C27H29N3O5S/c1-3-35-23-15-13-22(14-16-23)30(36(33,34)24-8-5-4-6-9-24)19-26(31)28-21-12-11-20(2)25(18-21)29-17-7-10-27(29)32/h4-6,8-9,11-16,18H,3,7,10,17,19H2,1-2H3,(H,28,31). The molecule has 0 atom stereocenters. The van der Waals surface area contributed by atoms with Gasteiger partial charge in [-0.2, -0.15) is 0 Å². The predicted octanol–water partition coefficient (Wildman–Crippen LogP) is 4.35. The van der Waals surface area contributed by atoms with E-state index in [1.54, 1.807) is 59.5 Å². The van der Waals surface area contributed by atoms with Gasteiger partial charge in [0.1, 0.15) is 12.3 Å². The molecule has 1 aliphatic heterocycles. The summed E-state index contributed by atoms with van der Waals surface area (Å²) in [6, 6.07) is 19.9. The number of sulfonamides is 1. The third kappa shape index (κ3) is 5.52. The highest BCUT2D eigenvalue weighted by atomic mass is 32.2. The van der Waals surface area contributed by atoms with Crippen LogP contribution in [-0.2, 0) is 19.6 Å². The van der Waals surface area contributed by atoms with Crippen LogP contribution in [0.5, 0.6) is 5.75 Å². The van der Waals surface area contributed by atoms with Crippen LogP contribution in [-0.4, -0.2) is 39.9 Å². The van der Waals surface area contributed by atoms with Gasteiger partial charge in [0, 0.05) is 24.3 Å². The summed E-state index contributed by atoms with van der Waals surface area (Å²) in [5.74, 6) is 0.148. The maximum Gasteiger partial charge on any atom is 0.264 e. The first-order chi connectivity index (χ1) is 17.3. The van der Waals surface area contributed by atoms with E-state index in [4.69, 9.17) is 4.74 Å². The highest BCUT2D eigenvalue weighted by Crippen LogP contribution is 2.29. The molecule has 0 spiro atoms. The number of nitrogens with zero attached hydrogens (tertiary/aromatic N) is 2. The molecule has 2 amide bonds. The Morgan fingerprint density at radius 2 is 1.78 bits per heavy atom. The smallest absolute Gasteiger partial charge is 0.264 e. The molecule has 1 N–H and O–H groups in total. The molecule has 36 heavy (non-hydrogen) atoms. The van der Waals surface area contributed by atoms with Crippen LogP contribution in [0.4, 0.5) is 17.1 Å². The van der Waals surface area contributed by atoms with Gasteiger partial charge in [-0.1, -0.05) is 24.3 Å². The number of aryl methyl sites for hydroxylation is 1. The van der Waals surface area contributed by atoms with Crippen LogP contribution in [0.3, 0.4) is 0 Å². The van der Waals surface area contributed by atoms with Gasteiger partial charge >= 0.3 is 0 Å². The fourth-order valence-electron chi connectivity index (χ4n) is 4.12. The van der Waals surface area contributed by atoms with Crippen molar-refractivity contribution in [1.82, 2.24) is 0 Å². The Hall–Kier alpha value is -3.85. The molecule has 188 valence electrons. The van der Waals surface area contributed by atoms with Gasteiger partial charge < -0.3 is 15.0 Å². The van der Waals surface area contributed by atoms with Crippen molar-refractivity contribution in [2.24, 2.45) is 0 Å². The van der Waals surface area contributed by atoms with E-state index in [0.717, 1.165) is 22.0 Å². The number of amides is 2. The molecular formula is C27H29N3O5S. The van der Waals surface area contributed by atoms with Gasteiger partial charge in [0.2, 0.25) is 11.8 Å². The number of ether oxygens (including phenoxy) is 1. The molecule has 1 aliphatic rings. The van der Waals surface area contributed by atoms with Gasteiger partial charge in [0.25, 0.3) is 10.0 Å². The van der Waals surface area contributed by atoms with Crippen molar-refractivity contribution in [3.63, 3.8) is 0 Å². The monoisotopic (exact) mass is 507 g/mol. The number of nitrogens with one attached hydrogen (secondary N) is 1. The number of carbonyl (C=O) groups is 2. The Morgan fingerprint density at radius 3 is 2.42 bits per heavy atom. The van der Waals surface area contributed by atoms with E-state index in [2.05, 4.69) is 5.32 Å². The molecule has 1 fully saturated rings. The lowest BCUT2D eigenvalue weighted by molar-refractivity contribution is -0.117. The van der Waals surface area contributed by atoms with E-state index in [9.17, 15) is 18.0 Å². The largest absolute Gasteiger partial charge is 0.494 e. The Kier molecular flexibility index (Phi) is 7.59. The lowest BCUT2D eigenvalue weighted by Gasteiger charge is -2.24. The number of anilines is 3. The number of hydrogen-bond acceptors (Lipinski definition) is 5. The molecule has 1 heterocycles. The quantitative estimate of drug-likeness (QED) is 0.464. The van der Waals surface area contributed by atoms with E-state index < -0.39 is 22.5 Å². The second-order valence-electron chi connectivity index (χ2n) is 8.45. The van der Waals surface area contributed by atoms with Crippen LogP contribution in [0.1, 0.15) is 25.3 Å². The molecule has 0 radical (unpaired) electrons. The van der Waals surface area contributed by atoms with Crippen molar-refractivity contribution in [3.05, 3.63) is 78.4 Å². The lowest BCUT2D eigenvalue weighted by atomic mass is 10.1. The molecule has 3 aromatic rings. The van der Waals surface area contributed by atoms with Crippen molar-refractivity contribution in [3.8, 4) is 5.75 Å². The Bertz CT molecular complexity index is 1340. The number of rotatable bonds is 9. The summed E-state index contributed by atoms with van der Waals surface area (Å²) in [6.07, 6.45) is 1.30. The molecule has 0 bridgehead atoms. The van der Waals surface area contributed by atoms with Gasteiger partial charge in [-0.3, -0.25) is 13.9 Å². The minimum atomic E-state index is -4.02. The van der Waals surface area contributed by atoms with Crippen LogP contribution in [0.15, 0.2) is 77.7 Å². The van der Waals surface area contributed by atoms with Crippen LogP contribution in [0.2, 0.25) is 0 Å². The molecule has 4 rings (SSSR count). The molecule has 0 aromatic heterocycles. The Labute approximate surface area is 211 Å². The average molecular weight is 508 g/mol. The number of benzene rings is 3. The second kappa shape index (κ2) is 10.8. The molecule has 1 saturated heterocycles. The van der Waals surface area contributed by atoms with Crippen LogP contribution >= 0.6 is 0 Å². The summed E-state index contributed by atoms with van der Waals surface area (Å²) in [7, 11) is -4.02. The van der Waals surface area contributed by atoms with Gasteiger partial charge in [0.05, 0.1) is 17.2 Å². The average Bonchev–Trinajstić information content (AvgIpc) is 3.30. The highest BCUT2D eigenvalue weighted by molar-refractivity contribution is 7.92. The first kappa shape index (κ1) is 25.2. The maximum atomic E-state index is 13.5. The first-order valence-corrected chi connectivity index (χ1v) is 13.2. The van der Waals surface area contributed by atoms with Crippen molar-refractivity contribution in [2.75, 3.05) is 34.2 Å². The molecule has 0 unspecified atom stereocenters. The maximum absolute atomic E-state index is 13.5. The van der Waals surface area contributed by atoms with E-state index >= 15 is 0 Å². The van der Waals surface area contributed by atoms with Crippen LogP contribution in [0.25, 0.3) is 0 Å². The van der Waals surface area contributed by atoms with Gasteiger partial charge in [-0.05, 0) is 74.4 Å². The normalized spacial score (nSPS) is 13.5. The van der Waals surface area contributed by atoms with Gasteiger partial charge in [0.15, 0.2) is 0 Å². The Balaban J connectivity index is 1.60. The van der Waals surface area contributed by atoms with E-state index in [-0.39, 0.29) is 10.8 Å². The van der Waals surface area contributed by atoms with Crippen molar-refractivity contribution < 1.29 is 22.7 Å². The molecule has 0 aliphatic carbocycles. The molecule has 3 aromatic carbocycles. The van der Waals surface area contributed by atoms with E-state index in [0.29, 0.717) is 36.7 Å². The predicted molar refractivity (Wildman–Crippen MR) is 140 cm³/mol. The molecule has 9 heteroatoms. The van der Waals surface area contributed by atoms with Crippen molar-refractivity contribution in [2.45, 2.75) is 31.6 Å². The van der Waals surface area contributed by atoms with E-state index in [1.165, 1.54) is 12.1 Å². The van der Waals surface area contributed by atoms with Gasteiger partial charge in [-0.15, -0.1) is 0 Å². The van der Waals surface area contributed by atoms with Crippen LogP contribution < -0.4 is 19.3 Å². The minimum absolute atomic E-state index is 0.0530. The number of carbonyl (C=O) groups excluding carboxylic acids is 2. The molecular weight excluding hydrogens is 478 g/mol. The van der Waals surface area contributed by atoms with Gasteiger partial charge in [-0.25, -0.2) is 8.42 Å². The van der Waals surface area contributed by atoms with Crippen LogP contribution in [0, 0.1) is 6.92 Å². The van der Waals surface area contributed by atoms with E-state index in [1.807, 2.05) is 19.9 Å². The topological polar surface area (TPSA) is 96.0 Å². The summed E-state index contributed by atoms with van der Waals surface area (Å²) < 4.78 is 33.6. The number of hydrogen-bond donors (Lipinski definition) is 1. The second-order valence-corrected chi connectivity index (χ2v) is 10.3. The fraction of sp³-hybridized carbons (Fsp3) is 0.259. The molecule has 0 saturated carbocycles.